The van der Waals surface area contributed by atoms with Crippen LogP contribution in [0, 0.1) is 5.92 Å². The van der Waals surface area contributed by atoms with Crippen molar-refractivity contribution in [2.45, 2.75) is 32.9 Å². The van der Waals surface area contributed by atoms with Crippen LogP contribution in [0.25, 0.3) is 10.8 Å². The molecule has 0 saturated carbocycles. The van der Waals surface area contributed by atoms with Gasteiger partial charge in [0.2, 0.25) is 5.91 Å². The Kier molecular flexibility index (Phi) is 10.2. The summed E-state index contributed by atoms with van der Waals surface area (Å²) in [5.41, 5.74) is 1.90. The third-order valence-electron chi connectivity index (χ3n) is 6.40. The van der Waals surface area contributed by atoms with Crippen LogP contribution in [-0.4, -0.2) is 35.9 Å². The first kappa shape index (κ1) is 28.8. The second-order valence-electron chi connectivity index (χ2n) is 9.88. The van der Waals surface area contributed by atoms with Gasteiger partial charge in [-0.3, -0.25) is 9.59 Å². The van der Waals surface area contributed by atoms with Gasteiger partial charge in [-0.15, -0.1) is 0 Å². The van der Waals surface area contributed by atoms with Gasteiger partial charge < -0.3 is 15.0 Å². The molecule has 0 spiro atoms. The van der Waals surface area contributed by atoms with Crippen molar-refractivity contribution in [3.63, 3.8) is 0 Å². The van der Waals surface area contributed by atoms with E-state index < -0.39 is 6.04 Å². The number of amides is 2. The minimum Gasteiger partial charge on any atom is -0.483 e. The summed E-state index contributed by atoms with van der Waals surface area (Å²) in [6.45, 7) is 4.71. The Morgan fingerprint density at radius 3 is 2.26 bits per heavy atom. The lowest BCUT2D eigenvalue weighted by molar-refractivity contribution is -0.142. The predicted molar refractivity (Wildman–Crippen MR) is 164 cm³/mol. The average Bonchev–Trinajstić information content (AvgIpc) is 2.94. The molecule has 2 amide bonds. The van der Waals surface area contributed by atoms with Gasteiger partial charge in [0.25, 0.3) is 5.91 Å². The smallest absolute Gasteiger partial charge is 0.261 e. The van der Waals surface area contributed by atoms with Crippen LogP contribution in [-0.2, 0) is 22.6 Å². The van der Waals surface area contributed by atoms with Gasteiger partial charge in [-0.2, -0.15) is 0 Å². The Labute approximate surface area is 246 Å². The molecule has 1 N–H and O–H groups in total. The van der Waals surface area contributed by atoms with Crippen LogP contribution in [0.4, 0.5) is 0 Å². The number of fused-ring (bicyclic) bond motifs is 1. The molecule has 0 aromatic heterocycles. The molecule has 0 unspecified atom stereocenters. The topological polar surface area (TPSA) is 58.6 Å². The van der Waals surface area contributed by atoms with E-state index in [4.69, 9.17) is 4.74 Å². The maximum atomic E-state index is 13.8. The van der Waals surface area contributed by atoms with E-state index in [0.717, 1.165) is 30.8 Å². The van der Waals surface area contributed by atoms with Crippen molar-refractivity contribution in [3.8, 4) is 5.75 Å². The minimum atomic E-state index is -0.703. The number of rotatable bonds is 11. The highest BCUT2D eigenvalue weighted by molar-refractivity contribution is 9.11. The Morgan fingerprint density at radius 1 is 0.846 bits per heavy atom. The summed E-state index contributed by atoms with van der Waals surface area (Å²) < 4.78 is 7.79. The number of halogens is 2. The van der Waals surface area contributed by atoms with Gasteiger partial charge in [0, 0.05) is 24.0 Å². The molecule has 0 radical (unpaired) electrons. The molecule has 0 fully saturated rings. The molecule has 7 heteroatoms. The summed E-state index contributed by atoms with van der Waals surface area (Å²) in [7, 11) is 0. The first-order chi connectivity index (χ1) is 18.8. The normalized spacial score (nSPS) is 11.8. The summed E-state index contributed by atoms with van der Waals surface area (Å²) in [5.74, 6) is 0.425. The Hall–Kier alpha value is -3.16. The van der Waals surface area contributed by atoms with Gasteiger partial charge in [0.15, 0.2) is 6.61 Å². The van der Waals surface area contributed by atoms with Crippen molar-refractivity contribution in [3.05, 3.63) is 111 Å². The monoisotopic (exact) mass is 650 g/mol. The summed E-state index contributed by atoms with van der Waals surface area (Å²) in [6, 6.07) is 28.7. The predicted octanol–water partition coefficient (Wildman–Crippen LogP) is 7.16. The van der Waals surface area contributed by atoms with Crippen LogP contribution in [0.1, 0.15) is 25.0 Å². The highest BCUT2D eigenvalue weighted by Gasteiger charge is 2.31. The molecule has 4 aromatic carbocycles. The lowest BCUT2D eigenvalue weighted by Crippen LogP contribution is -2.52. The molecule has 0 aliphatic rings. The molecule has 0 aliphatic heterocycles. The summed E-state index contributed by atoms with van der Waals surface area (Å²) >= 11 is 7.12. The van der Waals surface area contributed by atoms with Crippen LogP contribution in [0.2, 0.25) is 0 Å². The maximum absolute atomic E-state index is 13.8. The quantitative estimate of drug-likeness (QED) is 0.187. The fourth-order valence-corrected chi connectivity index (χ4v) is 5.18. The number of nitrogens with zero attached hydrogens (tertiary/aromatic N) is 1. The standard InChI is InChI=1S/C32H32Br2N2O3/c1-22(2)19-35-32(38)28(18-23-8-4-3-5-9-23)36(20-24-12-15-26(33)16-13-24)30(37)21-39-29-17-14-25-10-6-7-11-27(25)31(29)34/h3-17,22,28H,18-21H2,1-2H3,(H,35,38)/t28-/m1/s1. The largest absolute Gasteiger partial charge is 0.483 e. The Morgan fingerprint density at radius 2 is 1.54 bits per heavy atom. The highest BCUT2D eigenvalue weighted by atomic mass is 79.9. The zero-order valence-electron chi connectivity index (χ0n) is 22.1. The molecule has 39 heavy (non-hydrogen) atoms. The van der Waals surface area contributed by atoms with E-state index in [9.17, 15) is 9.59 Å². The van der Waals surface area contributed by atoms with E-state index in [-0.39, 0.29) is 30.9 Å². The first-order valence-electron chi connectivity index (χ1n) is 13.0. The SMILES string of the molecule is CC(C)CNC(=O)[C@@H](Cc1ccccc1)N(Cc1ccc(Br)cc1)C(=O)COc1ccc2ccccc2c1Br. The van der Waals surface area contributed by atoms with Crippen molar-refractivity contribution < 1.29 is 14.3 Å². The number of hydrogen-bond donors (Lipinski definition) is 1. The fourth-order valence-electron chi connectivity index (χ4n) is 4.31. The fraction of sp³-hybridized carbons (Fsp3) is 0.250. The second-order valence-corrected chi connectivity index (χ2v) is 11.6. The lowest BCUT2D eigenvalue weighted by Gasteiger charge is -2.31. The van der Waals surface area contributed by atoms with Crippen LogP contribution in [0.3, 0.4) is 0 Å². The van der Waals surface area contributed by atoms with Crippen LogP contribution in [0.5, 0.6) is 5.75 Å². The Bertz CT molecular complexity index is 1410. The van der Waals surface area contributed by atoms with E-state index in [1.54, 1.807) is 4.90 Å². The minimum absolute atomic E-state index is 0.176. The van der Waals surface area contributed by atoms with Gasteiger partial charge in [-0.1, -0.05) is 103 Å². The van der Waals surface area contributed by atoms with Crippen molar-refractivity contribution in [1.29, 1.82) is 0 Å². The van der Waals surface area contributed by atoms with Gasteiger partial charge in [0.1, 0.15) is 11.8 Å². The molecule has 1 atom stereocenters. The van der Waals surface area contributed by atoms with Gasteiger partial charge in [-0.25, -0.2) is 0 Å². The Balaban J connectivity index is 1.63. The third kappa shape index (κ3) is 7.93. The zero-order chi connectivity index (χ0) is 27.8. The average molecular weight is 652 g/mol. The number of ether oxygens (including phenoxy) is 1. The molecule has 0 bridgehead atoms. The van der Waals surface area contributed by atoms with Gasteiger partial charge >= 0.3 is 0 Å². The molecular formula is C32H32Br2N2O3. The number of carbonyl (C=O) groups is 2. The van der Waals surface area contributed by atoms with E-state index in [2.05, 4.69) is 37.2 Å². The van der Waals surface area contributed by atoms with E-state index in [0.29, 0.717) is 18.7 Å². The molecule has 0 heterocycles. The maximum Gasteiger partial charge on any atom is 0.261 e. The number of nitrogens with one attached hydrogen (secondary N) is 1. The molecule has 0 saturated heterocycles. The van der Waals surface area contributed by atoms with Crippen molar-refractivity contribution in [2.24, 2.45) is 5.92 Å². The van der Waals surface area contributed by atoms with E-state index in [1.165, 1.54) is 0 Å². The highest BCUT2D eigenvalue weighted by Crippen LogP contribution is 2.33. The van der Waals surface area contributed by atoms with E-state index >= 15 is 0 Å². The summed E-state index contributed by atoms with van der Waals surface area (Å²) in [4.78, 5) is 29.0. The molecular weight excluding hydrogens is 620 g/mol. The molecule has 202 valence electrons. The van der Waals surface area contributed by atoms with Crippen molar-refractivity contribution in [2.75, 3.05) is 13.2 Å². The third-order valence-corrected chi connectivity index (χ3v) is 7.75. The first-order valence-corrected chi connectivity index (χ1v) is 14.6. The number of hydrogen-bond acceptors (Lipinski definition) is 3. The van der Waals surface area contributed by atoms with Gasteiger partial charge in [-0.05, 0) is 61.9 Å². The molecule has 5 nitrogen and oxygen atoms in total. The van der Waals surface area contributed by atoms with Crippen molar-refractivity contribution >= 4 is 54.4 Å². The van der Waals surface area contributed by atoms with Crippen LogP contribution in [0.15, 0.2) is 99.9 Å². The van der Waals surface area contributed by atoms with Gasteiger partial charge in [0.05, 0.1) is 4.47 Å². The molecule has 4 rings (SSSR count). The summed E-state index contributed by atoms with van der Waals surface area (Å²) in [6.07, 6.45) is 0.396. The number of benzene rings is 4. The summed E-state index contributed by atoms with van der Waals surface area (Å²) in [5, 5.41) is 5.12. The van der Waals surface area contributed by atoms with Crippen molar-refractivity contribution in [1.82, 2.24) is 10.2 Å². The number of carbonyl (C=O) groups excluding carboxylic acids is 2. The molecule has 0 aliphatic carbocycles. The zero-order valence-corrected chi connectivity index (χ0v) is 25.2. The van der Waals surface area contributed by atoms with Crippen LogP contribution >= 0.6 is 31.9 Å². The second kappa shape index (κ2) is 13.8. The van der Waals surface area contributed by atoms with E-state index in [1.807, 2.05) is 105 Å². The van der Waals surface area contributed by atoms with Crippen LogP contribution < -0.4 is 10.1 Å². The molecule has 4 aromatic rings. The lowest BCUT2D eigenvalue weighted by atomic mass is 10.0.